The van der Waals surface area contributed by atoms with Crippen LogP contribution >= 0.6 is 22.9 Å². The molecular weight excluding hydrogens is 1100 g/mol. The molecule has 0 radical (unpaired) electrons. The maximum Gasteiger partial charge on any atom is 0.181 e. The number of hydrogen-bond donors (Lipinski definition) is 0. The number of carbonyl (C=O) groups excluding carboxylic acids is 1. The maximum absolute atomic E-state index is 12.6. The molecule has 1 aromatic heterocycles. The Bertz CT molecular complexity index is 3500. The minimum atomic E-state index is -0.175. The van der Waals surface area contributed by atoms with Crippen LogP contribution in [-0.4, -0.2) is 43.1 Å². The molecule has 1 heterocycles. The summed E-state index contributed by atoms with van der Waals surface area (Å²) in [6.07, 6.45) is 6.68. The second kappa shape index (κ2) is 33.3. The number of aromatic nitrogens is 1. The molecule has 0 atom stereocenters. The third-order valence-corrected chi connectivity index (χ3v) is 14.9. The summed E-state index contributed by atoms with van der Waals surface area (Å²) >= 11 is 7.49. The maximum atomic E-state index is 12.6. The van der Waals surface area contributed by atoms with Crippen molar-refractivity contribution < 1.29 is 42.7 Å². The van der Waals surface area contributed by atoms with E-state index in [-0.39, 0.29) is 11.7 Å². The van der Waals surface area contributed by atoms with Crippen molar-refractivity contribution in [3.8, 4) is 68.8 Å². The molecule has 0 aliphatic heterocycles. The van der Waals surface area contributed by atoms with E-state index in [9.17, 15) is 4.79 Å². The number of alkyl halides is 1. The monoisotopic (exact) mass is 1180 g/mol. The van der Waals surface area contributed by atoms with Crippen LogP contribution in [0.5, 0.6) is 57.5 Å². The molecule has 0 aliphatic rings. The Balaban J connectivity index is 0.000000221. The standard InChI is InChI=1S/C37H39NO4S.C36H39ClO5/c1-4-13-30-34(18-11-19-35(30)42-33-17-10-9-14-27(33)3)39-20-12-21-40-36-23-37(41-24-28-15-7-6-8-16-28)31(22-29(36)5-2)32-25-43-26-38-32;1-4-13-29-33(18-11-19-34(29)42-32-17-10-9-14-26(32)3)39-20-12-21-40-35-23-36(41-25-27-15-7-6-8-16-27)30(31(38)24-37)22-28(35)5-2/h6-11,14-19,22-23,25-26H,4-5,12-13,20-21,24H2,1-3H3;6-11,14-19,22-23H,4-5,12-13,20-21,24-25H2,1-3H3. The van der Waals surface area contributed by atoms with Gasteiger partial charge < -0.3 is 37.9 Å². The van der Waals surface area contributed by atoms with E-state index < -0.39 is 0 Å². The predicted molar refractivity (Wildman–Crippen MR) is 344 cm³/mol. The van der Waals surface area contributed by atoms with Crippen LogP contribution in [0.1, 0.15) is 108 Å². The molecule has 9 rings (SSSR count). The van der Waals surface area contributed by atoms with Crippen LogP contribution in [0.15, 0.2) is 181 Å². The molecule has 10 nitrogen and oxygen atoms in total. The summed E-state index contributed by atoms with van der Waals surface area (Å²) in [6.45, 7) is 15.4. The van der Waals surface area contributed by atoms with Gasteiger partial charge in [0.2, 0.25) is 0 Å². The minimum absolute atomic E-state index is 0.111. The number of benzene rings is 8. The molecule has 0 N–H and O–H groups in total. The average molecular weight is 1180 g/mol. The summed E-state index contributed by atoms with van der Waals surface area (Å²) in [7, 11) is 0. The van der Waals surface area contributed by atoms with Gasteiger partial charge in [0.05, 0.1) is 49.1 Å². The lowest BCUT2D eigenvalue weighted by atomic mass is 10.0. The zero-order valence-corrected chi connectivity index (χ0v) is 51.4. The van der Waals surface area contributed by atoms with Crippen LogP contribution in [0.4, 0.5) is 0 Å². The number of nitrogens with zero attached hydrogens (tertiary/aromatic N) is 1. The molecule has 12 heteroatoms. The van der Waals surface area contributed by atoms with E-state index in [2.05, 4.69) is 62.3 Å². The van der Waals surface area contributed by atoms with Crippen molar-refractivity contribution >= 4 is 28.7 Å². The highest BCUT2D eigenvalue weighted by Gasteiger charge is 2.20. The highest BCUT2D eigenvalue weighted by atomic mass is 35.5. The van der Waals surface area contributed by atoms with Crippen molar-refractivity contribution in [3.05, 3.63) is 231 Å². The van der Waals surface area contributed by atoms with Gasteiger partial charge in [0.25, 0.3) is 0 Å². The molecule has 0 bridgehead atoms. The largest absolute Gasteiger partial charge is 0.493 e. The van der Waals surface area contributed by atoms with Crippen molar-refractivity contribution in [1.29, 1.82) is 0 Å². The van der Waals surface area contributed by atoms with Gasteiger partial charge in [-0.25, -0.2) is 4.98 Å². The summed E-state index contributed by atoms with van der Waals surface area (Å²) < 4.78 is 50.0. The van der Waals surface area contributed by atoms with Crippen molar-refractivity contribution in [2.45, 2.75) is 106 Å². The van der Waals surface area contributed by atoms with Crippen LogP contribution in [0.25, 0.3) is 11.3 Å². The Morgan fingerprint density at radius 1 is 0.459 bits per heavy atom. The zero-order valence-electron chi connectivity index (χ0n) is 49.8. The van der Waals surface area contributed by atoms with Crippen molar-refractivity contribution in [2.75, 3.05) is 32.3 Å². The molecule has 0 saturated heterocycles. The Kier molecular flexibility index (Phi) is 24.6. The summed E-state index contributed by atoms with van der Waals surface area (Å²) in [5.41, 5.74) is 12.8. The molecule has 0 spiro atoms. The van der Waals surface area contributed by atoms with E-state index in [4.69, 9.17) is 49.5 Å². The van der Waals surface area contributed by atoms with Crippen molar-refractivity contribution in [2.24, 2.45) is 0 Å². The number of rotatable bonds is 31. The van der Waals surface area contributed by atoms with Gasteiger partial charge in [0, 0.05) is 47.0 Å². The first-order valence-corrected chi connectivity index (χ1v) is 31.0. The highest BCUT2D eigenvalue weighted by molar-refractivity contribution is 7.07. The number of hydrogen-bond acceptors (Lipinski definition) is 11. The van der Waals surface area contributed by atoms with Crippen LogP contribution in [0.2, 0.25) is 0 Å². The zero-order chi connectivity index (χ0) is 59.6. The quantitative estimate of drug-likeness (QED) is 0.0237. The molecule has 0 saturated carbocycles. The molecule has 0 aliphatic carbocycles. The van der Waals surface area contributed by atoms with Gasteiger partial charge in [0.15, 0.2) is 5.78 Å². The molecule has 0 unspecified atom stereocenters. The number of thiazole rings is 1. The predicted octanol–water partition coefficient (Wildman–Crippen LogP) is 19.0. The smallest absolute Gasteiger partial charge is 0.181 e. The van der Waals surface area contributed by atoms with E-state index in [0.717, 1.165) is 140 Å². The van der Waals surface area contributed by atoms with E-state index in [1.807, 2.05) is 165 Å². The minimum Gasteiger partial charge on any atom is -0.493 e. The first-order valence-electron chi connectivity index (χ1n) is 29.6. The van der Waals surface area contributed by atoms with Gasteiger partial charge in [-0.1, -0.05) is 150 Å². The number of aryl methyl sites for hydroxylation is 4. The van der Waals surface area contributed by atoms with Crippen molar-refractivity contribution in [1.82, 2.24) is 4.98 Å². The first-order chi connectivity index (χ1) is 41.7. The first kappa shape index (κ1) is 62.8. The second-order valence-electron chi connectivity index (χ2n) is 20.4. The molecule has 0 amide bonds. The Labute approximate surface area is 511 Å². The highest BCUT2D eigenvalue weighted by Crippen LogP contribution is 2.39. The topological polar surface area (TPSA) is 104 Å². The second-order valence-corrected chi connectivity index (χ2v) is 21.4. The number of ether oxygens (including phenoxy) is 8. The van der Waals surface area contributed by atoms with E-state index >= 15 is 0 Å². The lowest BCUT2D eigenvalue weighted by molar-refractivity contribution is 0.101. The fourth-order valence-corrected chi connectivity index (χ4v) is 10.2. The molecule has 8 aromatic carbocycles. The fourth-order valence-electron chi connectivity index (χ4n) is 9.55. The van der Waals surface area contributed by atoms with Crippen LogP contribution in [0, 0.1) is 13.8 Å². The van der Waals surface area contributed by atoms with Gasteiger partial charge in [0.1, 0.15) is 70.7 Å². The van der Waals surface area contributed by atoms with Gasteiger partial charge >= 0.3 is 0 Å². The number of Topliss-reactive ketones (excluding diaryl/α,β-unsaturated/α-hetero) is 1. The Morgan fingerprint density at radius 2 is 0.894 bits per heavy atom. The number of halogens is 1. The average Bonchev–Trinajstić information content (AvgIpc) is 4.13. The summed E-state index contributed by atoms with van der Waals surface area (Å²) in [5.74, 6) is 7.58. The Hall–Kier alpha value is -8.25. The third kappa shape index (κ3) is 18.1. The molecule has 85 heavy (non-hydrogen) atoms. The van der Waals surface area contributed by atoms with Gasteiger partial charge in [-0.3, -0.25) is 4.79 Å². The fraction of sp³-hybridized carbons (Fsp3) is 0.288. The van der Waals surface area contributed by atoms with Gasteiger partial charge in [-0.2, -0.15) is 0 Å². The van der Waals surface area contributed by atoms with Gasteiger partial charge in [-0.15, -0.1) is 22.9 Å². The summed E-state index contributed by atoms with van der Waals surface area (Å²) in [5, 5.41) is 2.05. The third-order valence-electron chi connectivity index (χ3n) is 14.1. The van der Waals surface area contributed by atoms with E-state index in [1.54, 1.807) is 11.3 Å². The van der Waals surface area contributed by atoms with Crippen LogP contribution < -0.4 is 37.9 Å². The normalized spacial score (nSPS) is 10.8. The number of ketones is 1. The van der Waals surface area contributed by atoms with Crippen LogP contribution in [0.3, 0.4) is 0 Å². The number of carbonyl (C=O) groups is 1. The SMILES string of the molecule is CCCc1c(OCCCOc2cc(OCc3ccccc3)c(-c3cscn3)cc2CC)cccc1Oc1ccccc1C.CCCc1c(OCCCOc2cc(OCc3ccccc3)c(C(=O)CCl)cc2CC)cccc1Oc1ccccc1C. The number of para-hydroxylation sites is 2. The van der Waals surface area contributed by atoms with Crippen LogP contribution in [-0.2, 0) is 38.9 Å². The molecule has 0 fully saturated rings. The van der Waals surface area contributed by atoms with Crippen molar-refractivity contribution in [3.63, 3.8) is 0 Å². The van der Waals surface area contributed by atoms with E-state index in [1.165, 1.54) is 0 Å². The molecular formula is C73H78ClNO9S. The summed E-state index contributed by atoms with van der Waals surface area (Å²) in [6, 6.07) is 55.9. The lowest BCUT2D eigenvalue weighted by Crippen LogP contribution is -2.10. The Morgan fingerprint density at radius 3 is 1.35 bits per heavy atom. The molecule has 442 valence electrons. The summed E-state index contributed by atoms with van der Waals surface area (Å²) in [4.78, 5) is 17.1. The van der Waals surface area contributed by atoms with E-state index in [0.29, 0.717) is 69.5 Å². The lowest BCUT2D eigenvalue weighted by Gasteiger charge is -2.18. The van der Waals surface area contributed by atoms with Gasteiger partial charge in [-0.05, 0) is 121 Å². The molecule has 9 aromatic rings.